The molecule has 0 bridgehead atoms. The van der Waals surface area contributed by atoms with Crippen molar-refractivity contribution in [3.63, 3.8) is 0 Å². The first-order valence-corrected chi connectivity index (χ1v) is 10.7. The van der Waals surface area contributed by atoms with Gasteiger partial charge in [-0.2, -0.15) is 0 Å². The summed E-state index contributed by atoms with van der Waals surface area (Å²) in [6.45, 7) is 3.44. The number of hydrogen-bond donors (Lipinski definition) is 3. The summed E-state index contributed by atoms with van der Waals surface area (Å²) in [4.78, 5) is 4.82. The molecule has 5 heteroatoms. The van der Waals surface area contributed by atoms with E-state index in [2.05, 4.69) is 30.4 Å². The van der Waals surface area contributed by atoms with Gasteiger partial charge in [0.15, 0.2) is 0 Å². The van der Waals surface area contributed by atoms with Gasteiger partial charge in [-0.3, -0.25) is 4.98 Å². The summed E-state index contributed by atoms with van der Waals surface area (Å²) in [6, 6.07) is 14.5. The topological polar surface area (TPSA) is 80.2 Å². The van der Waals surface area contributed by atoms with Gasteiger partial charge < -0.3 is 16.1 Å². The van der Waals surface area contributed by atoms with Crippen LogP contribution in [0.4, 0.5) is 0 Å². The zero-order valence-electron chi connectivity index (χ0n) is 17.8. The number of rotatable bonds is 8. The fraction of sp³-hybridized carbons (Fsp3) is 0.458. The predicted molar refractivity (Wildman–Crippen MR) is 120 cm³/mol. The Morgan fingerprint density at radius 2 is 1.83 bits per heavy atom. The van der Waals surface area contributed by atoms with Gasteiger partial charge in [-0.1, -0.05) is 68.5 Å². The zero-order valence-corrected chi connectivity index (χ0v) is 17.8. The third-order valence-electron chi connectivity index (χ3n) is 5.91. The second-order valence-corrected chi connectivity index (χ2v) is 8.21. The van der Waals surface area contributed by atoms with Crippen molar-refractivity contribution in [2.45, 2.75) is 52.0 Å². The van der Waals surface area contributed by atoms with Gasteiger partial charge in [0.1, 0.15) is 0 Å². The molecule has 3 rings (SSSR count). The fourth-order valence-corrected chi connectivity index (χ4v) is 4.14. The van der Waals surface area contributed by atoms with E-state index in [0.29, 0.717) is 12.2 Å². The Balaban J connectivity index is 1.69. The van der Waals surface area contributed by atoms with Crippen molar-refractivity contribution < 1.29 is 0 Å². The number of pyridine rings is 1. The molecule has 1 aromatic heterocycles. The quantitative estimate of drug-likeness (QED) is 0.470. The van der Waals surface area contributed by atoms with E-state index in [0.717, 1.165) is 36.0 Å². The first kappa shape index (κ1) is 21.3. The van der Waals surface area contributed by atoms with Crippen molar-refractivity contribution in [2.24, 2.45) is 17.5 Å². The van der Waals surface area contributed by atoms with Crippen LogP contribution in [0.3, 0.4) is 0 Å². The van der Waals surface area contributed by atoms with E-state index in [1.807, 2.05) is 31.3 Å². The third-order valence-corrected chi connectivity index (χ3v) is 5.91. The summed E-state index contributed by atoms with van der Waals surface area (Å²) in [5.41, 5.74) is 12.4. The molecular weight excluding hydrogens is 358 g/mol. The normalized spacial score (nSPS) is 15.8. The van der Waals surface area contributed by atoms with Crippen LogP contribution in [0.2, 0.25) is 0 Å². The number of hydrazine groups is 1. The van der Waals surface area contributed by atoms with Crippen molar-refractivity contribution in [3.05, 3.63) is 70.7 Å². The molecule has 1 aliphatic rings. The molecule has 2 aromatic rings. The molecule has 1 heterocycles. The van der Waals surface area contributed by atoms with E-state index >= 15 is 0 Å². The molecular formula is C24H35N5. The smallest absolute Gasteiger partial charge is 0.0881 e. The standard InChI is InChI=1S/C24H35N5/c1-18-21(15-19-9-5-3-6-10-19)13-14-22(28-18)24(25)23(29(2)26)17-27-16-20-11-7-4-8-12-20/h4,7-8,11-14,19,27H,3,5-6,9-10,15-17,25-26H2,1-2H3/b24-23-. The van der Waals surface area contributed by atoms with Crippen LogP contribution in [0, 0.1) is 12.8 Å². The lowest BCUT2D eigenvalue weighted by molar-refractivity contribution is 0.356. The number of likely N-dealkylation sites (N-methyl/N-ethyl adjacent to an activating group) is 1. The monoisotopic (exact) mass is 393 g/mol. The third kappa shape index (κ3) is 6.05. The van der Waals surface area contributed by atoms with Crippen LogP contribution in [-0.2, 0) is 13.0 Å². The molecule has 1 fully saturated rings. The van der Waals surface area contributed by atoms with Crippen LogP contribution >= 0.6 is 0 Å². The van der Waals surface area contributed by atoms with Gasteiger partial charge in [-0.25, -0.2) is 5.84 Å². The molecule has 29 heavy (non-hydrogen) atoms. The first-order valence-electron chi connectivity index (χ1n) is 10.7. The molecule has 5 N–H and O–H groups in total. The highest BCUT2D eigenvalue weighted by Gasteiger charge is 2.16. The largest absolute Gasteiger partial charge is 0.395 e. The van der Waals surface area contributed by atoms with E-state index in [-0.39, 0.29) is 0 Å². The van der Waals surface area contributed by atoms with Crippen LogP contribution in [0.5, 0.6) is 0 Å². The van der Waals surface area contributed by atoms with Gasteiger partial charge >= 0.3 is 0 Å². The van der Waals surface area contributed by atoms with E-state index in [1.54, 1.807) is 5.01 Å². The Morgan fingerprint density at radius 3 is 2.48 bits per heavy atom. The van der Waals surface area contributed by atoms with E-state index in [9.17, 15) is 0 Å². The van der Waals surface area contributed by atoms with E-state index in [4.69, 9.17) is 16.6 Å². The number of nitrogens with one attached hydrogen (secondary N) is 1. The zero-order chi connectivity index (χ0) is 20.6. The Morgan fingerprint density at radius 1 is 1.10 bits per heavy atom. The number of nitrogens with two attached hydrogens (primary N) is 2. The Bertz CT molecular complexity index is 807. The highest BCUT2D eigenvalue weighted by atomic mass is 15.4. The van der Waals surface area contributed by atoms with Crippen molar-refractivity contribution in [2.75, 3.05) is 13.6 Å². The number of nitrogens with zero attached hydrogens (tertiary/aromatic N) is 2. The minimum atomic E-state index is 0.582. The Labute approximate surface area is 175 Å². The van der Waals surface area contributed by atoms with E-state index in [1.165, 1.54) is 43.2 Å². The fourth-order valence-electron chi connectivity index (χ4n) is 4.14. The van der Waals surface area contributed by atoms with Crippen molar-refractivity contribution in [3.8, 4) is 0 Å². The maximum Gasteiger partial charge on any atom is 0.0881 e. The molecule has 0 unspecified atom stereocenters. The number of benzene rings is 1. The summed E-state index contributed by atoms with van der Waals surface area (Å²) in [7, 11) is 1.82. The van der Waals surface area contributed by atoms with Crippen molar-refractivity contribution >= 4 is 5.70 Å². The summed E-state index contributed by atoms with van der Waals surface area (Å²) < 4.78 is 0. The average molecular weight is 394 g/mol. The summed E-state index contributed by atoms with van der Waals surface area (Å²) in [5.74, 6) is 6.88. The maximum atomic E-state index is 6.48. The van der Waals surface area contributed by atoms with Gasteiger partial charge in [0.05, 0.1) is 17.1 Å². The second kappa shape index (κ2) is 10.4. The van der Waals surface area contributed by atoms with Gasteiger partial charge in [0.25, 0.3) is 0 Å². The lowest BCUT2D eigenvalue weighted by Gasteiger charge is -2.23. The number of hydrogen-bond acceptors (Lipinski definition) is 5. The van der Waals surface area contributed by atoms with Crippen molar-refractivity contribution in [1.29, 1.82) is 0 Å². The lowest BCUT2D eigenvalue weighted by Crippen LogP contribution is -2.34. The number of aromatic nitrogens is 1. The molecule has 0 amide bonds. The minimum Gasteiger partial charge on any atom is -0.395 e. The first-order chi connectivity index (χ1) is 14.0. The van der Waals surface area contributed by atoms with Crippen molar-refractivity contribution in [1.82, 2.24) is 15.3 Å². The molecule has 1 saturated carbocycles. The molecule has 0 spiro atoms. The highest BCUT2D eigenvalue weighted by Crippen LogP contribution is 2.28. The molecule has 0 aliphatic heterocycles. The Hall–Kier alpha value is -2.37. The molecule has 1 aromatic carbocycles. The molecule has 5 nitrogen and oxygen atoms in total. The summed E-state index contributed by atoms with van der Waals surface area (Å²) >= 11 is 0. The van der Waals surface area contributed by atoms with Gasteiger partial charge in [-0.15, -0.1) is 0 Å². The molecule has 156 valence electrons. The van der Waals surface area contributed by atoms with Crippen LogP contribution < -0.4 is 16.9 Å². The van der Waals surface area contributed by atoms with Gasteiger partial charge in [0, 0.05) is 25.8 Å². The number of aryl methyl sites for hydroxylation is 1. The van der Waals surface area contributed by atoms with Crippen LogP contribution in [0.1, 0.15) is 54.6 Å². The van der Waals surface area contributed by atoms with Gasteiger partial charge in [0.2, 0.25) is 0 Å². The SMILES string of the molecule is Cc1nc(/C(N)=C(\CNCc2ccccc2)N(C)N)ccc1CC1CCCCC1. The average Bonchev–Trinajstić information content (AvgIpc) is 2.73. The van der Waals surface area contributed by atoms with Crippen LogP contribution in [0.15, 0.2) is 48.2 Å². The Kier molecular flexibility index (Phi) is 7.67. The predicted octanol–water partition coefficient (Wildman–Crippen LogP) is 3.74. The molecule has 0 atom stereocenters. The highest BCUT2D eigenvalue weighted by molar-refractivity contribution is 5.63. The summed E-state index contributed by atoms with van der Waals surface area (Å²) in [6.07, 6.45) is 7.95. The van der Waals surface area contributed by atoms with Crippen LogP contribution in [-0.4, -0.2) is 23.6 Å². The molecule has 1 aliphatic carbocycles. The minimum absolute atomic E-state index is 0.582. The lowest BCUT2D eigenvalue weighted by atomic mass is 9.84. The van der Waals surface area contributed by atoms with Crippen LogP contribution in [0.25, 0.3) is 5.70 Å². The van der Waals surface area contributed by atoms with Gasteiger partial charge in [-0.05, 0) is 36.5 Å². The second-order valence-electron chi connectivity index (χ2n) is 8.21. The molecule has 0 radical (unpaired) electrons. The molecule has 0 saturated heterocycles. The maximum absolute atomic E-state index is 6.48. The summed E-state index contributed by atoms with van der Waals surface area (Å²) in [5, 5.41) is 5.01. The van der Waals surface area contributed by atoms with E-state index < -0.39 is 0 Å².